The number of rotatable bonds is 8. The molecule has 5 nitrogen and oxygen atoms in total. The largest absolute Gasteiger partial charge is 0.357 e. The number of benzene rings is 2. The third-order valence-corrected chi connectivity index (χ3v) is 5.60. The molecule has 2 aromatic rings. The van der Waals surface area contributed by atoms with Crippen molar-refractivity contribution < 1.29 is 8.42 Å². The Hall–Kier alpha value is -2.34. The Morgan fingerprint density at radius 1 is 0.900 bits per heavy atom. The lowest BCUT2D eigenvalue weighted by Gasteiger charge is -2.19. The molecule has 0 aliphatic carbocycles. The maximum atomic E-state index is 11.4. The topological polar surface area (TPSA) is 70.6 Å². The van der Waals surface area contributed by atoms with E-state index in [2.05, 4.69) is 60.7 Å². The fraction of sp³-hybridized carbons (Fsp3) is 0.458. The van der Waals surface area contributed by atoms with E-state index in [0.29, 0.717) is 6.54 Å². The molecular formula is C24H35N3O2S. The van der Waals surface area contributed by atoms with Gasteiger partial charge in [-0.3, -0.25) is 0 Å². The Morgan fingerprint density at radius 3 is 2.00 bits per heavy atom. The Morgan fingerprint density at radius 2 is 1.47 bits per heavy atom. The Labute approximate surface area is 181 Å². The maximum Gasteiger partial charge on any atom is 0.191 e. The first-order chi connectivity index (χ1) is 14.1. The van der Waals surface area contributed by atoms with E-state index in [1.807, 2.05) is 31.2 Å². The molecule has 0 radical (unpaired) electrons. The molecule has 164 valence electrons. The highest BCUT2D eigenvalue weighted by Gasteiger charge is 2.12. The minimum Gasteiger partial charge on any atom is -0.357 e. The summed E-state index contributed by atoms with van der Waals surface area (Å²) in [5.74, 6) is 0.848. The van der Waals surface area contributed by atoms with Crippen molar-refractivity contribution in [1.29, 1.82) is 0 Å². The van der Waals surface area contributed by atoms with Gasteiger partial charge in [-0.25, -0.2) is 13.4 Å². The quantitative estimate of drug-likeness (QED) is 0.494. The molecule has 0 aliphatic rings. The van der Waals surface area contributed by atoms with Gasteiger partial charge in [0, 0.05) is 19.3 Å². The minimum atomic E-state index is -3.01. The van der Waals surface area contributed by atoms with Crippen molar-refractivity contribution >= 4 is 15.8 Å². The number of nitrogens with zero attached hydrogens (tertiary/aromatic N) is 1. The molecule has 2 N–H and O–H groups in total. The van der Waals surface area contributed by atoms with Crippen LogP contribution in [0, 0.1) is 0 Å². The van der Waals surface area contributed by atoms with Gasteiger partial charge in [-0.2, -0.15) is 0 Å². The molecule has 2 rings (SSSR count). The lowest BCUT2D eigenvalue weighted by molar-refractivity contribution is 0.590. The van der Waals surface area contributed by atoms with Crippen molar-refractivity contribution in [2.24, 2.45) is 4.99 Å². The van der Waals surface area contributed by atoms with Gasteiger partial charge in [0.2, 0.25) is 0 Å². The SMILES string of the molecule is CCNC(=NCc1ccc(CS(C)(=O)=O)cc1)NCCc1ccc(C(C)(C)C)cc1. The van der Waals surface area contributed by atoms with Crippen LogP contribution in [0.4, 0.5) is 0 Å². The lowest BCUT2D eigenvalue weighted by atomic mass is 9.86. The number of sulfone groups is 1. The fourth-order valence-electron chi connectivity index (χ4n) is 3.05. The first-order valence-corrected chi connectivity index (χ1v) is 12.5. The van der Waals surface area contributed by atoms with E-state index in [1.165, 1.54) is 17.4 Å². The van der Waals surface area contributed by atoms with Gasteiger partial charge in [-0.1, -0.05) is 69.3 Å². The van der Waals surface area contributed by atoms with Crippen molar-refractivity contribution in [1.82, 2.24) is 10.6 Å². The van der Waals surface area contributed by atoms with Crippen molar-refractivity contribution in [3.63, 3.8) is 0 Å². The van der Waals surface area contributed by atoms with E-state index in [1.54, 1.807) is 0 Å². The number of hydrogen-bond donors (Lipinski definition) is 2. The molecule has 0 aromatic heterocycles. The van der Waals surface area contributed by atoms with Gasteiger partial charge in [-0.15, -0.1) is 0 Å². The summed E-state index contributed by atoms with van der Waals surface area (Å²) in [6.45, 7) is 10.8. The van der Waals surface area contributed by atoms with E-state index in [-0.39, 0.29) is 11.2 Å². The van der Waals surface area contributed by atoms with Crippen LogP contribution in [-0.2, 0) is 34.0 Å². The highest BCUT2D eigenvalue weighted by molar-refractivity contribution is 7.89. The standard InChI is InChI=1S/C24H35N3O2S/c1-6-25-23(26-16-15-19-11-13-22(14-12-19)24(2,3)4)27-17-20-7-9-21(10-8-20)18-30(5,28)29/h7-14H,6,15-18H2,1-5H3,(H2,25,26,27). The number of hydrogen-bond acceptors (Lipinski definition) is 3. The summed E-state index contributed by atoms with van der Waals surface area (Å²) in [7, 11) is -3.01. The third kappa shape index (κ3) is 8.57. The Kier molecular flexibility index (Phi) is 8.47. The van der Waals surface area contributed by atoms with Crippen LogP contribution in [0.5, 0.6) is 0 Å². The van der Waals surface area contributed by atoms with Crippen LogP contribution < -0.4 is 10.6 Å². The highest BCUT2D eigenvalue weighted by Crippen LogP contribution is 2.22. The van der Waals surface area contributed by atoms with Gasteiger partial charge >= 0.3 is 0 Å². The van der Waals surface area contributed by atoms with E-state index < -0.39 is 9.84 Å². The molecule has 2 aromatic carbocycles. The summed E-state index contributed by atoms with van der Waals surface area (Å²) < 4.78 is 22.8. The summed E-state index contributed by atoms with van der Waals surface area (Å²) >= 11 is 0. The zero-order valence-electron chi connectivity index (χ0n) is 18.8. The van der Waals surface area contributed by atoms with Crippen LogP contribution >= 0.6 is 0 Å². The molecule has 0 heterocycles. The second kappa shape index (κ2) is 10.6. The minimum absolute atomic E-state index is 0.0669. The molecule has 0 bridgehead atoms. The normalized spacial score (nSPS) is 12.6. The first-order valence-electron chi connectivity index (χ1n) is 10.4. The predicted molar refractivity (Wildman–Crippen MR) is 127 cm³/mol. The number of aliphatic imine (C=N–C) groups is 1. The molecule has 0 spiro atoms. The van der Waals surface area contributed by atoms with Crippen molar-refractivity contribution in [2.45, 2.75) is 51.8 Å². The maximum absolute atomic E-state index is 11.4. The van der Waals surface area contributed by atoms with Gasteiger partial charge in [0.25, 0.3) is 0 Å². The molecule has 0 fully saturated rings. The molecule has 0 atom stereocenters. The van der Waals surface area contributed by atoms with Crippen LogP contribution in [0.3, 0.4) is 0 Å². The van der Waals surface area contributed by atoms with E-state index in [4.69, 9.17) is 0 Å². The highest BCUT2D eigenvalue weighted by atomic mass is 32.2. The van der Waals surface area contributed by atoms with Crippen molar-refractivity contribution in [2.75, 3.05) is 19.3 Å². The van der Waals surface area contributed by atoms with E-state index >= 15 is 0 Å². The second-order valence-electron chi connectivity index (χ2n) is 8.71. The molecule has 0 aliphatic heterocycles. The fourth-order valence-corrected chi connectivity index (χ4v) is 3.85. The first kappa shape index (κ1) is 23.9. The summed E-state index contributed by atoms with van der Waals surface area (Å²) in [5.41, 5.74) is 4.66. The van der Waals surface area contributed by atoms with Gasteiger partial charge in [-0.05, 0) is 41.0 Å². The molecule has 0 amide bonds. The van der Waals surface area contributed by atoms with Crippen LogP contribution in [0.2, 0.25) is 0 Å². The summed E-state index contributed by atoms with van der Waals surface area (Å²) in [6.07, 6.45) is 2.17. The van der Waals surface area contributed by atoms with Crippen molar-refractivity contribution in [3.8, 4) is 0 Å². The molecule has 0 unspecified atom stereocenters. The smallest absolute Gasteiger partial charge is 0.191 e. The van der Waals surface area contributed by atoms with Crippen LogP contribution in [0.25, 0.3) is 0 Å². The van der Waals surface area contributed by atoms with Gasteiger partial charge < -0.3 is 10.6 Å². The monoisotopic (exact) mass is 429 g/mol. The van der Waals surface area contributed by atoms with Crippen LogP contribution in [0.1, 0.15) is 49.9 Å². The van der Waals surface area contributed by atoms with Crippen LogP contribution in [0.15, 0.2) is 53.5 Å². The van der Waals surface area contributed by atoms with Gasteiger partial charge in [0.05, 0.1) is 12.3 Å². The summed E-state index contributed by atoms with van der Waals surface area (Å²) in [6, 6.07) is 16.4. The van der Waals surface area contributed by atoms with Crippen molar-refractivity contribution in [3.05, 3.63) is 70.8 Å². The molecule has 30 heavy (non-hydrogen) atoms. The zero-order valence-corrected chi connectivity index (χ0v) is 19.6. The van der Waals surface area contributed by atoms with E-state index in [0.717, 1.165) is 36.6 Å². The zero-order chi connectivity index (χ0) is 22.2. The average molecular weight is 430 g/mol. The van der Waals surface area contributed by atoms with E-state index in [9.17, 15) is 8.42 Å². The lowest BCUT2D eigenvalue weighted by Crippen LogP contribution is -2.38. The summed E-state index contributed by atoms with van der Waals surface area (Å²) in [4.78, 5) is 4.64. The molecule has 0 saturated heterocycles. The Balaban J connectivity index is 1.89. The number of nitrogens with one attached hydrogen (secondary N) is 2. The molecule has 6 heteroatoms. The number of guanidine groups is 1. The van der Waals surface area contributed by atoms with Gasteiger partial charge in [0.1, 0.15) is 0 Å². The predicted octanol–water partition coefficient (Wildman–Crippen LogP) is 3.83. The van der Waals surface area contributed by atoms with Crippen LogP contribution in [-0.4, -0.2) is 33.7 Å². The molecular weight excluding hydrogens is 394 g/mol. The average Bonchev–Trinajstić information content (AvgIpc) is 2.66. The molecule has 0 saturated carbocycles. The second-order valence-corrected chi connectivity index (χ2v) is 10.8. The van der Waals surface area contributed by atoms with Gasteiger partial charge in [0.15, 0.2) is 15.8 Å². The summed E-state index contributed by atoms with van der Waals surface area (Å²) in [5, 5.41) is 6.66. The third-order valence-electron chi connectivity index (χ3n) is 4.74. The Bertz CT molecular complexity index is 926.